The van der Waals surface area contributed by atoms with Crippen LogP contribution in [0.25, 0.3) is 0 Å². The highest BCUT2D eigenvalue weighted by atomic mass is 32.2. The predicted molar refractivity (Wildman–Crippen MR) is 64.3 cm³/mol. The number of alkyl halides is 3. The summed E-state index contributed by atoms with van der Waals surface area (Å²) < 4.78 is 61.1. The molecule has 0 saturated carbocycles. The van der Waals surface area contributed by atoms with Gasteiger partial charge in [-0.15, -0.1) is 0 Å². The summed E-state index contributed by atoms with van der Waals surface area (Å²) in [6.45, 7) is -0.647. The van der Waals surface area contributed by atoms with Crippen molar-refractivity contribution in [3.8, 4) is 0 Å². The molecule has 5 nitrogen and oxygen atoms in total. The van der Waals surface area contributed by atoms with Gasteiger partial charge in [-0.05, 0) is 12.1 Å². The van der Waals surface area contributed by atoms with Gasteiger partial charge in [0.25, 0.3) is 10.0 Å². The summed E-state index contributed by atoms with van der Waals surface area (Å²) in [7, 11) is -1.45. The number of anilines is 1. The van der Waals surface area contributed by atoms with Crippen LogP contribution < -0.4 is 5.32 Å². The number of nitrogens with one attached hydrogen (secondary N) is 1. The molecular weight excluding hydrogens is 283 g/mol. The third kappa shape index (κ3) is 4.06. The minimum atomic E-state index is -4.40. The average molecular weight is 297 g/mol. The van der Waals surface area contributed by atoms with Crippen LogP contribution in [0, 0.1) is 0 Å². The van der Waals surface area contributed by atoms with Crippen LogP contribution in [0.15, 0.2) is 23.4 Å². The Morgan fingerprint density at radius 3 is 2.58 bits per heavy atom. The number of hydrogen-bond donors (Lipinski definition) is 1. The van der Waals surface area contributed by atoms with Gasteiger partial charge in [-0.2, -0.15) is 17.5 Å². The third-order valence-corrected chi connectivity index (χ3v) is 4.22. The van der Waals surface area contributed by atoms with Crippen LogP contribution in [0.2, 0.25) is 0 Å². The van der Waals surface area contributed by atoms with Crippen molar-refractivity contribution in [2.45, 2.75) is 17.6 Å². The molecule has 0 unspecified atom stereocenters. The highest BCUT2D eigenvalue weighted by Gasteiger charge is 2.31. The zero-order valence-electron chi connectivity index (χ0n) is 10.4. The van der Waals surface area contributed by atoms with Crippen LogP contribution >= 0.6 is 0 Å². The molecule has 0 spiro atoms. The smallest absolute Gasteiger partial charge is 0.386 e. The molecule has 1 rings (SSSR count). The van der Waals surface area contributed by atoms with Gasteiger partial charge in [0.2, 0.25) is 0 Å². The highest BCUT2D eigenvalue weighted by Crippen LogP contribution is 2.24. The first-order valence-corrected chi connectivity index (χ1v) is 6.78. The van der Waals surface area contributed by atoms with E-state index in [0.29, 0.717) is 4.31 Å². The van der Waals surface area contributed by atoms with E-state index in [9.17, 15) is 21.6 Å². The van der Waals surface area contributed by atoms with Gasteiger partial charge in [0.1, 0.15) is 0 Å². The second-order valence-corrected chi connectivity index (χ2v) is 5.76. The summed E-state index contributed by atoms with van der Waals surface area (Å²) in [5, 5.41) is 2.35. The second-order valence-electron chi connectivity index (χ2n) is 3.80. The third-order valence-electron chi connectivity index (χ3n) is 2.41. The number of rotatable bonds is 5. The zero-order valence-corrected chi connectivity index (χ0v) is 11.2. The number of aromatic nitrogens is 1. The predicted octanol–water partition coefficient (Wildman–Crippen LogP) is 1.70. The van der Waals surface area contributed by atoms with E-state index in [-0.39, 0.29) is 10.7 Å². The maximum absolute atomic E-state index is 12.1. The van der Waals surface area contributed by atoms with E-state index in [1.165, 1.54) is 25.4 Å². The van der Waals surface area contributed by atoms with Gasteiger partial charge < -0.3 is 5.32 Å². The maximum atomic E-state index is 12.1. The van der Waals surface area contributed by atoms with Crippen molar-refractivity contribution in [2.75, 3.05) is 26.0 Å². The first-order valence-electron chi connectivity index (χ1n) is 5.34. The van der Waals surface area contributed by atoms with Crippen molar-refractivity contribution in [2.24, 2.45) is 0 Å². The van der Waals surface area contributed by atoms with E-state index in [2.05, 4.69) is 10.3 Å². The van der Waals surface area contributed by atoms with E-state index in [1.54, 1.807) is 0 Å². The molecule has 0 fully saturated rings. The molecule has 0 aliphatic rings. The first-order chi connectivity index (χ1) is 8.68. The number of halogens is 3. The molecule has 0 radical (unpaired) electrons. The van der Waals surface area contributed by atoms with Crippen LogP contribution in [0.5, 0.6) is 0 Å². The Labute approximate surface area is 109 Å². The topological polar surface area (TPSA) is 62.3 Å². The fraction of sp³-hybridized carbons (Fsp3) is 0.500. The summed E-state index contributed by atoms with van der Waals surface area (Å²) >= 11 is 0. The zero-order chi connectivity index (χ0) is 14.7. The number of sulfonamides is 1. The van der Waals surface area contributed by atoms with Gasteiger partial charge in [0, 0.05) is 26.8 Å². The van der Waals surface area contributed by atoms with Crippen LogP contribution in [0.1, 0.15) is 6.42 Å². The Morgan fingerprint density at radius 2 is 2.05 bits per heavy atom. The Bertz CT molecular complexity index is 531. The minimum Gasteiger partial charge on any atom is -0.386 e. The molecule has 0 atom stereocenters. The lowest BCUT2D eigenvalue weighted by Gasteiger charge is -2.18. The highest BCUT2D eigenvalue weighted by molar-refractivity contribution is 7.89. The summed E-state index contributed by atoms with van der Waals surface area (Å²) in [4.78, 5) is 3.71. The van der Waals surface area contributed by atoms with E-state index in [1.807, 2.05) is 0 Å². The Hall–Kier alpha value is -1.35. The maximum Gasteiger partial charge on any atom is 0.390 e. The molecule has 0 aromatic carbocycles. The summed E-state index contributed by atoms with van der Waals surface area (Å²) in [6, 6.07) is 3.01. The lowest BCUT2D eigenvalue weighted by molar-refractivity contribution is -0.135. The second kappa shape index (κ2) is 5.74. The minimum absolute atomic E-state index is 0.237. The van der Waals surface area contributed by atoms with Crippen LogP contribution in [0.4, 0.5) is 18.9 Å². The van der Waals surface area contributed by atoms with Gasteiger partial charge in [0.05, 0.1) is 12.1 Å². The van der Waals surface area contributed by atoms with E-state index in [0.717, 1.165) is 7.05 Å². The van der Waals surface area contributed by atoms with Crippen molar-refractivity contribution in [1.29, 1.82) is 0 Å². The lowest BCUT2D eigenvalue weighted by Crippen LogP contribution is -2.31. The quantitative estimate of drug-likeness (QED) is 0.898. The van der Waals surface area contributed by atoms with Crippen molar-refractivity contribution >= 4 is 15.7 Å². The number of pyridine rings is 1. The SMILES string of the molecule is CNc1cccnc1S(=O)(=O)N(C)CCC(F)(F)F. The van der Waals surface area contributed by atoms with Crippen LogP contribution in [-0.2, 0) is 10.0 Å². The first kappa shape index (κ1) is 15.7. The number of hydrogen-bond acceptors (Lipinski definition) is 4. The van der Waals surface area contributed by atoms with E-state index >= 15 is 0 Å². The van der Waals surface area contributed by atoms with E-state index < -0.39 is 29.2 Å². The molecule has 0 aliphatic carbocycles. The molecule has 0 amide bonds. The van der Waals surface area contributed by atoms with Gasteiger partial charge in [0.15, 0.2) is 5.03 Å². The summed E-state index contributed by atoms with van der Waals surface area (Å²) in [6.07, 6.45) is -4.34. The fourth-order valence-electron chi connectivity index (χ4n) is 1.34. The molecule has 108 valence electrons. The molecule has 1 aromatic rings. The molecule has 0 bridgehead atoms. The number of nitrogens with zero attached hydrogens (tertiary/aromatic N) is 2. The van der Waals surface area contributed by atoms with Gasteiger partial charge >= 0.3 is 6.18 Å². The Balaban J connectivity index is 2.97. The normalized spacial score (nSPS) is 12.7. The van der Waals surface area contributed by atoms with Gasteiger partial charge in [-0.25, -0.2) is 13.4 Å². The lowest BCUT2D eigenvalue weighted by atomic mass is 10.4. The molecule has 0 saturated heterocycles. The molecular formula is C10H14F3N3O2S. The monoisotopic (exact) mass is 297 g/mol. The molecule has 9 heteroatoms. The van der Waals surface area contributed by atoms with Crippen molar-refractivity contribution < 1.29 is 21.6 Å². The molecule has 1 N–H and O–H groups in total. The average Bonchev–Trinajstić information content (AvgIpc) is 2.34. The summed E-state index contributed by atoms with van der Waals surface area (Å²) in [5.41, 5.74) is 0.237. The fourth-order valence-corrected chi connectivity index (χ4v) is 2.61. The molecule has 19 heavy (non-hydrogen) atoms. The van der Waals surface area contributed by atoms with Crippen molar-refractivity contribution in [1.82, 2.24) is 9.29 Å². The van der Waals surface area contributed by atoms with Crippen molar-refractivity contribution in [3.63, 3.8) is 0 Å². The Morgan fingerprint density at radius 1 is 1.42 bits per heavy atom. The molecule has 0 aliphatic heterocycles. The van der Waals surface area contributed by atoms with Crippen LogP contribution in [-0.4, -0.2) is 44.5 Å². The largest absolute Gasteiger partial charge is 0.390 e. The molecule has 1 heterocycles. The van der Waals surface area contributed by atoms with Crippen LogP contribution in [0.3, 0.4) is 0 Å². The summed E-state index contributed by atoms with van der Waals surface area (Å²) in [5.74, 6) is 0. The molecule has 1 aromatic heterocycles. The van der Waals surface area contributed by atoms with Gasteiger partial charge in [-0.3, -0.25) is 0 Å². The Kier molecular flexibility index (Phi) is 4.75. The van der Waals surface area contributed by atoms with Crippen molar-refractivity contribution in [3.05, 3.63) is 18.3 Å². The standard InChI is InChI=1S/C10H14F3N3O2S/c1-14-8-4-3-6-15-9(8)19(17,18)16(2)7-5-10(11,12)13/h3-4,6,14H,5,7H2,1-2H3. The van der Waals surface area contributed by atoms with E-state index in [4.69, 9.17) is 0 Å². The van der Waals surface area contributed by atoms with Gasteiger partial charge in [-0.1, -0.05) is 0 Å².